The minimum atomic E-state index is -4.77. The lowest BCUT2D eigenvalue weighted by atomic mass is 10.1. The molecule has 0 unspecified atom stereocenters. The summed E-state index contributed by atoms with van der Waals surface area (Å²) in [5.41, 5.74) is 0.778. The predicted molar refractivity (Wildman–Crippen MR) is 138 cm³/mol. The van der Waals surface area contributed by atoms with E-state index in [1.54, 1.807) is 30.3 Å². The van der Waals surface area contributed by atoms with Crippen molar-refractivity contribution < 1.29 is 27.8 Å². The van der Waals surface area contributed by atoms with E-state index in [2.05, 4.69) is 20.5 Å². The molecule has 0 fully saturated rings. The largest absolute Gasteiger partial charge is 0.433 e. The Bertz CT molecular complexity index is 1630. The van der Waals surface area contributed by atoms with Crippen LogP contribution in [0, 0.1) is 20.2 Å². The van der Waals surface area contributed by atoms with E-state index in [9.17, 15) is 38.2 Å². The first-order chi connectivity index (χ1) is 19.0. The van der Waals surface area contributed by atoms with Crippen molar-refractivity contribution in [2.45, 2.75) is 16.2 Å². The number of carbonyl (C=O) groups excluding carboxylic acids is 1. The van der Waals surface area contributed by atoms with Gasteiger partial charge in [0.2, 0.25) is 0 Å². The van der Waals surface area contributed by atoms with Crippen molar-refractivity contribution in [2.75, 3.05) is 0 Å². The molecule has 1 amide bonds. The van der Waals surface area contributed by atoms with Crippen molar-refractivity contribution in [3.63, 3.8) is 0 Å². The number of amides is 1. The Morgan fingerprint density at radius 3 is 2.27 bits per heavy atom. The topological polar surface area (TPSA) is 154 Å². The summed E-state index contributed by atoms with van der Waals surface area (Å²) in [7, 11) is 0. The van der Waals surface area contributed by atoms with Gasteiger partial charge in [0, 0.05) is 45.9 Å². The van der Waals surface area contributed by atoms with Crippen LogP contribution in [0.1, 0.15) is 21.6 Å². The molecule has 0 radical (unpaired) electrons. The lowest BCUT2D eigenvalue weighted by Gasteiger charge is -2.11. The molecule has 0 saturated carbocycles. The number of non-ortho nitro benzene ring substituents is 2. The first kappa shape index (κ1) is 27.8. The highest BCUT2D eigenvalue weighted by Gasteiger charge is 2.34. The maximum absolute atomic E-state index is 13.6. The van der Waals surface area contributed by atoms with Crippen molar-refractivity contribution in [3.8, 4) is 11.3 Å². The maximum Gasteiger partial charge on any atom is 0.433 e. The van der Waals surface area contributed by atoms with Crippen LogP contribution in [0.2, 0.25) is 0 Å². The van der Waals surface area contributed by atoms with Crippen LogP contribution in [0.4, 0.5) is 24.5 Å². The molecule has 0 aliphatic heterocycles. The van der Waals surface area contributed by atoms with Crippen LogP contribution in [-0.4, -0.2) is 31.9 Å². The quantitative estimate of drug-likeness (QED) is 0.119. The normalized spacial score (nSPS) is 11.4. The monoisotopic (exact) mass is 568 g/mol. The highest BCUT2D eigenvalue weighted by Crippen LogP contribution is 2.35. The number of hydrazone groups is 1. The van der Waals surface area contributed by atoms with Gasteiger partial charge in [-0.3, -0.25) is 25.0 Å². The molecule has 3 aromatic carbocycles. The van der Waals surface area contributed by atoms with Crippen LogP contribution in [0.15, 0.2) is 94.0 Å². The summed E-state index contributed by atoms with van der Waals surface area (Å²) < 4.78 is 40.8. The van der Waals surface area contributed by atoms with Crippen LogP contribution in [0.25, 0.3) is 11.3 Å². The molecule has 4 aromatic rings. The minimum absolute atomic E-state index is 0.0202. The molecule has 0 bridgehead atoms. The number of alkyl halides is 3. The number of nitro groups is 2. The van der Waals surface area contributed by atoms with Gasteiger partial charge in [-0.25, -0.2) is 15.4 Å². The van der Waals surface area contributed by atoms with E-state index >= 15 is 0 Å². The summed E-state index contributed by atoms with van der Waals surface area (Å²) in [5.74, 6) is -0.798. The lowest BCUT2D eigenvalue weighted by Crippen LogP contribution is -2.17. The molecule has 1 N–H and O–H groups in total. The number of aromatic nitrogens is 2. The van der Waals surface area contributed by atoms with Crippen molar-refractivity contribution in [1.82, 2.24) is 15.4 Å². The summed E-state index contributed by atoms with van der Waals surface area (Å²) in [6.45, 7) is 0. The Balaban J connectivity index is 1.66. The van der Waals surface area contributed by atoms with Gasteiger partial charge >= 0.3 is 6.18 Å². The second-order valence-electron chi connectivity index (χ2n) is 7.87. The van der Waals surface area contributed by atoms with E-state index in [-0.39, 0.29) is 38.2 Å². The third-order valence-corrected chi connectivity index (χ3v) is 6.12. The number of nitro benzene ring substituents is 2. The lowest BCUT2D eigenvalue weighted by molar-refractivity contribution is -0.385. The van der Waals surface area contributed by atoms with E-state index < -0.39 is 27.6 Å². The molecule has 202 valence electrons. The van der Waals surface area contributed by atoms with Gasteiger partial charge in [0.15, 0.2) is 5.16 Å². The number of nitrogens with zero attached hydrogens (tertiary/aromatic N) is 5. The Morgan fingerprint density at radius 2 is 1.60 bits per heavy atom. The number of hydrogen-bond acceptors (Lipinski definition) is 9. The molecule has 0 aliphatic rings. The van der Waals surface area contributed by atoms with Crippen LogP contribution < -0.4 is 5.43 Å². The predicted octanol–water partition coefficient (Wildman–Crippen LogP) is 5.89. The third-order valence-electron chi connectivity index (χ3n) is 5.16. The van der Waals surface area contributed by atoms with Crippen molar-refractivity contribution in [2.24, 2.45) is 5.10 Å². The van der Waals surface area contributed by atoms with Gasteiger partial charge in [-0.05, 0) is 30.0 Å². The van der Waals surface area contributed by atoms with Gasteiger partial charge in [0.1, 0.15) is 5.69 Å². The highest BCUT2D eigenvalue weighted by molar-refractivity contribution is 7.99. The molecule has 1 heterocycles. The van der Waals surface area contributed by atoms with Gasteiger partial charge in [0.25, 0.3) is 17.3 Å². The van der Waals surface area contributed by atoms with Gasteiger partial charge in [0.05, 0.1) is 21.8 Å². The van der Waals surface area contributed by atoms with Crippen molar-refractivity contribution >= 4 is 35.3 Å². The van der Waals surface area contributed by atoms with Crippen LogP contribution >= 0.6 is 11.8 Å². The molecule has 0 atom stereocenters. The van der Waals surface area contributed by atoms with E-state index in [1.807, 2.05) is 0 Å². The number of nitrogens with one attached hydrogen (secondary N) is 1. The number of benzene rings is 3. The van der Waals surface area contributed by atoms with E-state index in [0.29, 0.717) is 17.3 Å². The van der Waals surface area contributed by atoms with Crippen molar-refractivity contribution in [3.05, 3.63) is 116 Å². The number of rotatable bonds is 8. The molecule has 0 saturated heterocycles. The zero-order valence-electron chi connectivity index (χ0n) is 19.9. The summed E-state index contributed by atoms with van der Waals surface area (Å²) >= 11 is 0.710. The second-order valence-corrected chi connectivity index (χ2v) is 8.88. The summed E-state index contributed by atoms with van der Waals surface area (Å²) in [6, 6.07) is 17.4. The summed E-state index contributed by atoms with van der Waals surface area (Å²) in [5, 5.41) is 25.7. The van der Waals surface area contributed by atoms with Crippen LogP contribution in [0.3, 0.4) is 0 Å². The molecular formula is C25H15F3N6O5S. The number of carbonyl (C=O) groups is 1. The van der Waals surface area contributed by atoms with Crippen molar-refractivity contribution in [1.29, 1.82) is 0 Å². The minimum Gasteiger partial charge on any atom is -0.267 e. The fourth-order valence-electron chi connectivity index (χ4n) is 3.30. The molecule has 1 aromatic heterocycles. The SMILES string of the molecule is O=C(N/N=C/c1cc([N+](=O)[O-])ccc1Sc1nc(-c2ccccc2)cc(C(F)(F)F)n1)c1cccc([N+](=O)[O-])c1. The average molecular weight is 568 g/mol. The zero-order chi connectivity index (χ0) is 28.9. The maximum atomic E-state index is 13.6. The van der Waals surface area contributed by atoms with Gasteiger partial charge < -0.3 is 0 Å². The molecule has 0 spiro atoms. The Morgan fingerprint density at radius 1 is 0.900 bits per heavy atom. The Hall–Kier alpha value is -5.18. The van der Waals surface area contributed by atoms with Gasteiger partial charge in [-0.1, -0.05) is 36.4 Å². The zero-order valence-corrected chi connectivity index (χ0v) is 20.7. The smallest absolute Gasteiger partial charge is 0.267 e. The third kappa shape index (κ3) is 6.82. The Labute approximate surface area is 227 Å². The number of hydrogen-bond donors (Lipinski definition) is 1. The summed E-state index contributed by atoms with van der Waals surface area (Å²) in [6.07, 6.45) is -3.71. The first-order valence-corrected chi connectivity index (χ1v) is 11.9. The molecule has 11 nitrogen and oxygen atoms in total. The van der Waals surface area contributed by atoms with Crippen LogP contribution in [-0.2, 0) is 6.18 Å². The van der Waals surface area contributed by atoms with E-state index in [4.69, 9.17) is 0 Å². The number of halogens is 3. The standard InChI is InChI=1S/C25H15F3N6O5S/c26-25(27,28)22-13-20(15-5-2-1-3-6-15)30-24(31-22)40-21-10-9-19(34(38)39)12-17(21)14-29-32-23(35)16-7-4-8-18(11-16)33(36)37/h1-14H,(H,32,35)/b29-14+. The molecule has 0 aliphatic carbocycles. The van der Waals surface area contributed by atoms with E-state index in [1.165, 1.54) is 24.3 Å². The van der Waals surface area contributed by atoms with Gasteiger partial charge in [-0.15, -0.1) is 0 Å². The average Bonchev–Trinajstić information content (AvgIpc) is 2.93. The fraction of sp³-hybridized carbons (Fsp3) is 0.0400. The van der Waals surface area contributed by atoms with E-state index in [0.717, 1.165) is 30.5 Å². The Kier molecular flexibility index (Phi) is 8.14. The molecule has 15 heteroatoms. The first-order valence-electron chi connectivity index (χ1n) is 11.1. The molecule has 4 rings (SSSR count). The summed E-state index contributed by atoms with van der Waals surface area (Å²) in [4.78, 5) is 41.3. The molecular weight excluding hydrogens is 553 g/mol. The molecule has 40 heavy (non-hydrogen) atoms. The highest BCUT2D eigenvalue weighted by atomic mass is 32.2. The second kappa shape index (κ2) is 11.7. The fourth-order valence-corrected chi connectivity index (χ4v) is 4.15. The van der Waals surface area contributed by atoms with Crippen LogP contribution in [0.5, 0.6) is 0 Å². The van der Waals surface area contributed by atoms with Gasteiger partial charge in [-0.2, -0.15) is 18.3 Å².